The highest BCUT2D eigenvalue weighted by Crippen LogP contribution is 2.31. The first kappa shape index (κ1) is 12.6. The summed E-state index contributed by atoms with van der Waals surface area (Å²) in [6, 6.07) is 3.12. The minimum Gasteiger partial charge on any atom is -0.775 e. The van der Waals surface area contributed by atoms with Crippen LogP contribution in [0.15, 0.2) is 33.2 Å². The lowest BCUT2D eigenvalue weighted by atomic mass is 10.1. The Morgan fingerprint density at radius 2 is 2.21 bits per heavy atom. The number of hydrogen-bond acceptors (Lipinski definition) is 4. The Labute approximate surface area is 107 Å². The third-order valence-corrected chi connectivity index (χ3v) is 3.68. The van der Waals surface area contributed by atoms with E-state index >= 15 is 0 Å². The second kappa shape index (κ2) is 4.13. The van der Waals surface area contributed by atoms with E-state index in [0.717, 1.165) is 12.1 Å². The third-order valence-electron chi connectivity index (χ3n) is 2.36. The fourth-order valence-corrected chi connectivity index (χ4v) is 2.79. The first-order chi connectivity index (χ1) is 8.90. The van der Waals surface area contributed by atoms with Crippen molar-refractivity contribution in [3.63, 3.8) is 0 Å². The van der Waals surface area contributed by atoms with Crippen LogP contribution in [0.1, 0.15) is 5.56 Å². The van der Waals surface area contributed by atoms with E-state index in [0.29, 0.717) is 0 Å². The smallest absolute Gasteiger partial charge is 0.282 e. The predicted molar refractivity (Wildman–Crippen MR) is 65.3 cm³/mol. The fraction of sp³-hybridized carbons (Fsp3) is 0. The highest BCUT2D eigenvalue weighted by molar-refractivity contribution is 7.90. The first-order valence-corrected chi connectivity index (χ1v) is 6.13. The molecule has 0 spiro atoms. The average molecular weight is 275 g/mol. The molecule has 0 radical (unpaired) electrons. The van der Waals surface area contributed by atoms with Crippen molar-refractivity contribution in [2.24, 2.45) is 4.40 Å². The molecule has 2 rings (SSSR count). The summed E-state index contributed by atoms with van der Waals surface area (Å²) < 4.78 is 26.8. The summed E-state index contributed by atoms with van der Waals surface area (Å²) in [6.45, 7) is 6.79. The van der Waals surface area contributed by atoms with Gasteiger partial charge in [-0.2, -0.15) is 12.8 Å². The third kappa shape index (κ3) is 1.91. The fourth-order valence-electron chi connectivity index (χ4n) is 1.55. The van der Waals surface area contributed by atoms with Gasteiger partial charge in [0.1, 0.15) is 4.90 Å². The highest BCUT2D eigenvalue weighted by Gasteiger charge is 2.32. The van der Waals surface area contributed by atoms with Gasteiger partial charge < -0.3 is 5.41 Å². The number of fused-ring (bicyclic) bond motifs is 1. The van der Waals surface area contributed by atoms with E-state index in [1.54, 1.807) is 5.87 Å². The van der Waals surface area contributed by atoms with Crippen LogP contribution in [0, 0.1) is 16.7 Å². The summed E-state index contributed by atoms with van der Waals surface area (Å²) in [7, 11) is -4.11. The zero-order valence-corrected chi connectivity index (χ0v) is 9.88. The van der Waals surface area contributed by atoms with Gasteiger partial charge in [-0.1, -0.05) is 0 Å². The van der Waals surface area contributed by atoms with Crippen LogP contribution in [0.5, 0.6) is 0 Å². The molecule has 0 aromatic heterocycles. The van der Waals surface area contributed by atoms with E-state index in [9.17, 15) is 18.5 Å². The molecule has 0 atom stereocenters. The van der Waals surface area contributed by atoms with Crippen LogP contribution in [0.4, 0.5) is 5.69 Å². The largest absolute Gasteiger partial charge is 0.775 e. The maximum absolute atomic E-state index is 11.7. The van der Waals surface area contributed by atoms with E-state index in [-0.39, 0.29) is 16.2 Å². The van der Waals surface area contributed by atoms with Crippen molar-refractivity contribution < 1.29 is 13.3 Å². The molecular weight excluding hydrogens is 272 g/mol. The lowest BCUT2D eigenvalue weighted by Crippen LogP contribution is -2.01. The second-order valence-electron chi connectivity index (χ2n) is 3.42. The number of allylic oxidation sites excluding steroid dienone is 1. The van der Waals surface area contributed by atoms with Crippen LogP contribution in [0.25, 0.3) is 10.3 Å². The van der Waals surface area contributed by atoms with E-state index in [1.165, 1.54) is 6.07 Å². The normalized spacial score (nSPS) is 14.8. The Morgan fingerprint density at radius 3 is 2.74 bits per heavy atom. The first-order valence-electron chi connectivity index (χ1n) is 4.69. The van der Waals surface area contributed by atoms with Crippen molar-refractivity contribution in [3.05, 3.63) is 56.4 Å². The van der Waals surface area contributed by atoms with Crippen molar-refractivity contribution in [2.75, 3.05) is 0 Å². The lowest BCUT2D eigenvalue weighted by Gasteiger charge is -2.00. The molecule has 1 aromatic carbocycles. The van der Waals surface area contributed by atoms with Gasteiger partial charge in [0.2, 0.25) is 5.70 Å². The van der Waals surface area contributed by atoms with Gasteiger partial charge in [0.15, 0.2) is 0 Å². The van der Waals surface area contributed by atoms with Gasteiger partial charge in [-0.15, -0.1) is 0 Å². The molecule has 0 aliphatic carbocycles. The van der Waals surface area contributed by atoms with Crippen LogP contribution in [-0.4, -0.2) is 24.9 Å². The van der Waals surface area contributed by atoms with Crippen LogP contribution in [-0.2, 0) is 10.0 Å². The molecule has 1 aliphatic heterocycles. The van der Waals surface area contributed by atoms with Crippen LogP contribution in [0.2, 0.25) is 0 Å². The van der Waals surface area contributed by atoms with Crippen LogP contribution >= 0.6 is 0 Å². The SMILES string of the molecule is [C-]#[N+]C(=C=[N-])C1=NS(=O)(=O)c2cc([N+](=O)[O-])ccc21. The number of sulfonamides is 1. The molecule has 94 valence electrons. The molecule has 0 bridgehead atoms. The van der Waals surface area contributed by atoms with Gasteiger partial charge in [0.05, 0.1) is 17.2 Å². The molecule has 1 aliphatic rings. The number of nitrogens with zero attached hydrogens (tertiary/aromatic N) is 4. The highest BCUT2D eigenvalue weighted by atomic mass is 32.2. The van der Waals surface area contributed by atoms with E-state index in [1.807, 2.05) is 0 Å². The zero-order valence-electron chi connectivity index (χ0n) is 9.06. The summed E-state index contributed by atoms with van der Waals surface area (Å²) >= 11 is 0. The summed E-state index contributed by atoms with van der Waals surface area (Å²) in [5.41, 5.74) is -1.13. The molecule has 9 heteroatoms. The van der Waals surface area contributed by atoms with Crippen molar-refractivity contribution >= 4 is 27.3 Å². The van der Waals surface area contributed by atoms with Gasteiger partial charge in [-0.05, 0) is 6.07 Å². The van der Waals surface area contributed by atoms with Gasteiger partial charge in [-0.25, -0.2) is 4.85 Å². The van der Waals surface area contributed by atoms with Crippen molar-refractivity contribution in [3.8, 4) is 0 Å². The maximum atomic E-state index is 11.7. The van der Waals surface area contributed by atoms with Crippen LogP contribution in [0.3, 0.4) is 0 Å². The molecule has 0 saturated heterocycles. The molecule has 1 heterocycles. The number of non-ortho nitro benzene ring substituents is 1. The zero-order chi connectivity index (χ0) is 14.2. The van der Waals surface area contributed by atoms with Crippen molar-refractivity contribution in [1.29, 1.82) is 0 Å². The maximum Gasteiger partial charge on any atom is 0.282 e. The number of hydrogen-bond donors (Lipinski definition) is 0. The monoisotopic (exact) mass is 275 g/mol. The van der Waals surface area contributed by atoms with Gasteiger partial charge in [0, 0.05) is 17.7 Å². The molecule has 0 fully saturated rings. The Kier molecular flexibility index (Phi) is 2.75. The van der Waals surface area contributed by atoms with Crippen molar-refractivity contribution in [1.82, 2.24) is 0 Å². The van der Waals surface area contributed by atoms with Crippen LogP contribution < -0.4 is 0 Å². The Bertz CT molecular complexity index is 826. The molecule has 8 nitrogen and oxygen atoms in total. The van der Waals surface area contributed by atoms with E-state index in [4.69, 9.17) is 12.0 Å². The topological polar surface area (TPSA) is 116 Å². The summed E-state index contributed by atoms with van der Waals surface area (Å²) in [4.78, 5) is 12.4. The number of nitro groups is 1. The van der Waals surface area contributed by atoms with E-state index in [2.05, 4.69) is 9.24 Å². The van der Waals surface area contributed by atoms with Gasteiger partial charge >= 0.3 is 0 Å². The summed E-state index contributed by atoms with van der Waals surface area (Å²) in [5.74, 6) is 1.54. The molecule has 0 unspecified atom stereocenters. The molecule has 0 amide bonds. The average Bonchev–Trinajstić information content (AvgIpc) is 2.63. The summed E-state index contributed by atoms with van der Waals surface area (Å²) in [6.07, 6.45) is 0. The quantitative estimate of drug-likeness (QED) is 0.348. The molecular formula is C10H3N4O4S-. The second-order valence-corrected chi connectivity index (χ2v) is 5.00. The number of benzene rings is 1. The lowest BCUT2D eigenvalue weighted by molar-refractivity contribution is -0.385. The number of nitro benzene ring substituents is 1. The molecule has 19 heavy (non-hydrogen) atoms. The minimum atomic E-state index is -4.11. The standard InChI is InChI=1S/C10H3N4O4S/c1-12-8(5-11)10-7-3-2-6(14(15)16)4-9(7)19(17,18)13-10/h2-4H/q-1. The molecule has 0 saturated carbocycles. The summed E-state index contributed by atoms with van der Waals surface area (Å²) in [5, 5.41) is 19.3. The van der Waals surface area contributed by atoms with Crippen molar-refractivity contribution in [2.45, 2.75) is 4.90 Å². The Hall–Kier alpha value is -2.82. The Balaban J connectivity index is 2.76. The molecule has 0 N–H and O–H groups in total. The van der Waals surface area contributed by atoms with E-state index < -0.39 is 26.3 Å². The Morgan fingerprint density at radius 1 is 1.53 bits per heavy atom. The predicted octanol–water partition coefficient (Wildman–Crippen LogP) is 1.13. The minimum absolute atomic E-state index is 0.0261. The number of rotatable bonds is 2. The van der Waals surface area contributed by atoms with Gasteiger partial charge in [-0.3, -0.25) is 16.0 Å². The molecule has 1 aromatic rings. The van der Waals surface area contributed by atoms with Gasteiger partial charge in [0.25, 0.3) is 15.7 Å².